The van der Waals surface area contributed by atoms with Crippen LogP contribution in [0.15, 0.2) is 65.6 Å². The van der Waals surface area contributed by atoms with Crippen LogP contribution in [0.4, 0.5) is 5.69 Å². The predicted octanol–water partition coefficient (Wildman–Crippen LogP) is 4.33. The summed E-state index contributed by atoms with van der Waals surface area (Å²) in [6.07, 6.45) is 1.60. The Labute approximate surface area is 165 Å². The van der Waals surface area contributed by atoms with Crippen molar-refractivity contribution in [2.45, 2.75) is 6.54 Å². The number of anilines is 1. The first kappa shape index (κ1) is 18.7. The molecule has 1 heterocycles. The number of benzene rings is 2. The quantitative estimate of drug-likeness (QED) is 0.711. The minimum atomic E-state index is -0.612. The van der Waals surface area contributed by atoms with Gasteiger partial charge in [-0.3, -0.25) is 9.59 Å². The highest BCUT2D eigenvalue weighted by atomic mass is 35.5. The fourth-order valence-electron chi connectivity index (χ4n) is 2.57. The number of nitriles is 1. The van der Waals surface area contributed by atoms with Crippen LogP contribution in [0.1, 0.15) is 21.5 Å². The molecule has 1 amide bonds. The second-order valence-corrected chi connectivity index (χ2v) is 6.61. The van der Waals surface area contributed by atoms with E-state index in [1.165, 1.54) is 22.8 Å². The summed E-state index contributed by atoms with van der Waals surface area (Å²) < 4.78 is 1.42. The molecule has 1 N–H and O–H groups in total. The maximum Gasteiger partial charge on any atom is 0.263 e. The molecule has 3 aromatic rings. The summed E-state index contributed by atoms with van der Waals surface area (Å²) in [4.78, 5) is 25.3. The number of hydrogen-bond donors (Lipinski definition) is 1. The van der Waals surface area contributed by atoms with Gasteiger partial charge >= 0.3 is 0 Å². The summed E-state index contributed by atoms with van der Waals surface area (Å²) >= 11 is 11.9. The van der Waals surface area contributed by atoms with Gasteiger partial charge in [-0.2, -0.15) is 5.26 Å². The van der Waals surface area contributed by atoms with Crippen LogP contribution < -0.4 is 10.9 Å². The van der Waals surface area contributed by atoms with E-state index >= 15 is 0 Å². The van der Waals surface area contributed by atoms with Crippen molar-refractivity contribution in [3.63, 3.8) is 0 Å². The van der Waals surface area contributed by atoms with Crippen molar-refractivity contribution >= 4 is 34.8 Å². The standard InChI is InChI=1S/C20H13Cl2N3O2/c21-15-4-1-3-13(9-15)12-25-8-2-5-17(20(25)27)19(26)24-18-10-16(22)7-6-14(18)11-23/h1-10H,12H2,(H,24,26). The lowest BCUT2D eigenvalue weighted by atomic mass is 10.1. The molecule has 5 nitrogen and oxygen atoms in total. The third kappa shape index (κ3) is 4.37. The molecule has 7 heteroatoms. The summed E-state index contributed by atoms with van der Waals surface area (Å²) in [7, 11) is 0. The zero-order valence-electron chi connectivity index (χ0n) is 13.9. The van der Waals surface area contributed by atoms with E-state index in [4.69, 9.17) is 28.5 Å². The number of carbonyl (C=O) groups is 1. The molecule has 0 saturated heterocycles. The van der Waals surface area contributed by atoms with Crippen molar-refractivity contribution in [1.82, 2.24) is 4.57 Å². The van der Waals surface area contributed by atoms with Gasteiger partial charge in [-0.05, 0) is 48.0 Å². The molecular weight excluding hydrogens is 385 g/mol. The first-order valence-corrected chi connectivity index (χ1v) is 8.68. The van der Waals surface area contributed by atoms with Gasteiger partial charge in [0.2, 0.25) is 0 Å². The SMILES string of the molecule is N#Cc1ccc(Cl)cc1NC(=O)c1cccn(Cc2cccc(Cl)c2)c1=O. The van der Waals surface area contributed by atoms with Crippen LogP contribution >= 0.6 is 23.2 Å². The molecule has 0 aliphatic heterocycles. The normalized spacial score (nSPS) is 10.3. The predicted molar refractivity (Wildman–Crippen MR) is 105 cm³/mol. The van der Waals surface area contributed by atoms with Crippen molar-refractivity contribution in [2.75, 3.05) is 5.32 Å². The van der Waals surface area contributed by atoms with Gasteiger partial charge in [0.25, 0.3) is 11.5 Å². The van der Waals surface area contributed by atoms with Crippen LogP contribution in [0.25, 0.3) is 0 Å². The Morgan fingerprint density at radius 2 is 1.85 bits per heavy atom. The van der Waals surface area contributed by atoms with E-state index in [0.717, 1.165) is 5.56 Å². The number of halogens is 2. The maximum absolute atomic E-state index is 12.7. The molecule has 0 fully saturated rings. The Bertz CT molecular complexity index is 1120. The summed E-state index contributed by atoms with van der Waals surface area (Å²) in [6.45, 7) is 0.279. The molecule has 134 valence electrons. The Morgan fingerprint density at radius 1 is 1.07 bits per heavy atom. The lowest BCUT2D eigenvalue weighted by molar-refractivity contribution is 0.102. The number of nitrogens with one attached hydrogen (secondary N) is 1. The van der Waals surface area contributed by atoms with Gasteiger partial charge in [0.05, 0.1) is 17.8 Å². The summed E-state index contributed by atoms with van der Waals surface area (Å²) in [5, 5.41) is 12.7. The number of hydrogen-bond acceptors (Lipinski definition) is 3. The average molecular weight is 398 g/mol. The molecule has 1 aromatic heterocycles. The summed E-state index contributed by atoms with van der Waals surface area (Å²) in [5.41, 5.74) is 0.852. The topological polar surface area (TPSA) is 74.9 Å². The van der Waals surface area contributed by atoms with E-state index < -0.39 is 11.5 Å². The minimum Gasteiger partial charge on any atom is -0.321 e. The van der Waals surface area contributed by atoms with Crippen molar-refractivity contribution < 1.29 is 4.79 Å². The van der Waals surface area contributed by atoms with Gasteiger partial charge in [-0.1, -0.05) is 35.3 Å². The van der Waals surface area contributed by atoms with Gasteiger partial charge in [0.15, 0.2) is 0 Å². The van der Waals surface area contributed by atoms with E-state index in [1.807, 2.05) is 12.1 Å². The highest BCUT2D eigenvalue weighted by Gasteiger charge is 2.14. The zero-order valence-corrected chi connectivity index (χ0v) is 15.5. The maximum atomic E-state index is 12.7. The van der Waals surface area contributed by atoms with Gasteiger partial charge in [0, 0.05) is 16.2 Å². The minimum absolute atomic E-state index is 0.0385. The van der Waals surface area contributed by atoms with Crippen molar-refractivity contribution in [3.05, 3.63) is 97.9 Å². The molecule has 2 aromatic carbocycles. The van der Waals surface area contributed by atoms with Crippen LogP contribution in [-0.2, 0) is 6.54 Å². The molecule has 0 aliphatic rings. The second kappa shape index (κ2) is 8.09. The Hall–Kier alpha value is -3.07. The van der Waals surface area contributed by atoms with Gasteiger partial charge < -0.3 is 9.88 Å². The van der Waals surface area contributed by atoms with Crippen molar-refractivity contribution in [2.24, 2.45) is 0 Å². The molecule has 0 unspecified atom stereocenters. The zero-order chi connectivity index (χ0) is 19.4. The number of pyridine rings is 1. The van der Waals surface area contributed by atoms with Gasteiger partial charge in [-0.15, -0.1) is 0 Å². The molecule has 0 aliphatic carbocycles. The summed E-state index contributed by atoms with van der Waals surface area (Å²) in [6, 6.07) is 16.7. The fourth-order valence-corrected chi connectivity index (χ4v) is 2.96. The van der Waals surface area contributed by atoms with Crippen LogP contribution in [0.3, 0.4) is 0 Å². The fraction of sp³-hybridized carbons (Fsp3) is 0.0500. The van der Waals surface area contributed by atoms with Crippen molar-refractivity contribution in [3.8, 4) is 6.07 Å². The van der Waals surface area contributed by atoms with E-state index in [9.17, 15) is 9.59 Å². The number of rotatable bonds is 4. The van der Waals surface area contributed by atoms with Crippen molar-refractivity contribution in [1.29, 1.82) is 5.26 Å². The number of aromatic nitrogens is 1. The van der Waals surface area contributed by atoms with Crippen LogP contribution in [0.5, 0.6) is 0 Å². The molecular formula is C20H13Cl2N3O2. The lowest BCUT2D eigenvalue weighted by Crippen LogP contribution is -2.29. The largest absolute Gasteiger partial charge is 0.321 e. The van der Waals surface area contributed by atoms with E-state index in [-0.39, 0.29) is 23.4 Å². The first-order valence-electron chi connectivity index (χ1n) is 7.93. The van der Waals surface area contributed by atoms with Crippen LogP contribution in [0.2, 0.25) is 10.0 Å². The number of nitrogens with zero attached hydrogens (tertiary/aromatic N) is 2. The second-order valence-electron chi connectivity index (χ2n) is 5.74. The molecule has 0 radical (unpaired) electrons. The monoisotopic (exact) mass is 397 g/mol. The molecule has 27 heavy (non-hydrogen) atoms. The lowest BCUT2D eigenvalue weighted by Gasteiger charge is -2.10. The smallest absolute Gasteiger partial charge is 0.263 e. The third-order valence-corrected chi connectivity index (χ3v) is 4.33. The van der Waals surface area contributed by atoms with Gasteiger partial charge in [-0.25, -0.2) is 0 Å². The van der Waals surface area contributed by atoms with E-state index in [2.05, 4.69) is 5.32 Å². The molecule has 3 rings (SSSR count). The van der Waals surface area contributed by atoms with E-state index in [0.29, 0.717) is 10.0 Å². The third-order valence-electron chi connectivity index (χ3n) is 3.86. The van der Waals surface area contributed by atoms with E-state index in [1.54, 1.807) is 36.5 Å². The molecule has 0 atom stereocenters. The first-order chi connectivity index (χ1) is 13.0. The van der Waals surface area contributed by atoms with Crippen LogP contribution in [-0.4, -0.2) is 10.5 Å². The number of amides is 1. The highest BCUT2D eigenvalue weighted by molar-refractivity contribution is 6.31. The highest BCUT2D eigenvalue weighted by Crippen LogP contribution is 2.21. The summed E-state index contributed by atoms with van der Waals surface area (Å²) in [5.74, 6) is -0.612. The Balaban J connectivity index is 1.90. The van der Waals surface area contributed by atoms with Crippen LogP contribution in [0, 0.1) is 11.3 Å². The Kier molecular flexibility index (Phi) is 5.60. The average Bonchev–Trinajstić information content (AvgIpc) is 2.63. The molecule has 0 spiro atoms. The number of carbonyl (C=O) groups excluding carboxylic acids is 1. The molecule has 0 bridgehead atoms. The Morgan fingerprint density at radius 3 is 2.59 bits per heavy atom. The molecule has 0 saturated carbocycles. The van der Waals surface area contributed by atoms with Gasteiger partial charge in [0.1, 0.15) is 11.6 Å².